The van der Waals surface area contributed by atoms with Crippen molar-refractivity contribution < 1.29 is 39.2 Å². The van der Waals surface area contributed by atoms with E-state index in [0.717, 1.165) is 86.5 Å². The number of Topliss-reactive ketones (excluding diaryl/α,β-unsaturated/α-hetero) is 1. The minimum absolute atomic E-state index is 0.0385. The maximum Gasteiger partial charge on any atom is 0.277 e. The summed E-state index contributed by atoms with van der Waals surface area (Å²) in [4.78, 5) is 41.9. The third kappa shape index (κ3) is 20.2. The number of carbonyl (C=O) groups excluding carboxylic acids is 2. The van der Waals surface area contributed by atoms with Crippen molar-refractivity contribution in [1.82, 2.24) is 19.5 Å². The van der Waals surface area contributed by atoms with Gasteiger partial charge in [-0.2, -0.15) is 0 Å². The number of carbonyl (C=O) groups is 2. The molecule has 0 spiro atoms. The first kappa shape index (κ1) is 70.6. The Bertz CT molecular complexity index is 4410. The van der Waals surface area contributed by atoms with Gasteiger partial charge in [0.1, 0.15) is 21.5 Å². The molecule has 0 radical (unpaired) electrons. The van der Waals surface area contributed by atoms with Gasteiger partial charge in [-0.25, -0.2) is 39.3 Å². The van der Waals surface area contributed by atoms with Gasteiger partial charge in [-0.15, -0.1) is 34.9 Å². The number of sulfonamides is 2. The van der Waals surface area contributed by atoms with Crippen LogP contribution in [0.1, 0.15) is 74.7 Å². The number of thiazole rings is 1. The van der Waals surface area contributed by atoms with Crippen molar-refractivity contribution >= 4 is 93.7 Å². The minimum atomic E-state index is -4.13. The van der Waals surface area contributed by atoms with Gasteiger partial charge < -0.3 is 4.90 Å². The molecule has 1 fully saturated rings. The van der Waals surface area contributed by atoms with E-state index in [1.165, 1.54) is 30.3 Å². The fraction of sp³-hybridized carbons (Fsp3) is 0.243. The van der Waals surface area contributed by atoms with Crippen LogP contribution in [0.5, 0.6) is 0 Å². The molecular weight excluding hydrogens is 1330 g/mol. The summed E-state index contributed by atoms with van der Waals surface area (Å²) in [7, 11) is -12.1. The molecule has 0 atom stereocenters. The number of azide groups is 1. The summed E-state index contributed by atoms with van der Waals surface area (Å²) >= 11 is 10.9. The number of amides is 1. The Morgan fingerprint density at radius 2 is 1.14 bits per heavy atom. The van der Waals surface area contributed by atoms with Gasteiger partial charge in [0.25, 0.3) is 26.0 Å². The molecule has 1 saturated heterocycles. The van der Waals surface area contributed by atoms with Crippen LogP contribution in [-0.4, -0.2) is 95.2 Å². The number of ketones is 1. The van der Waals surface area contributed by atoms with E-state index in [2.05, 4.69) is 47.7 Å². The first-order chi connectivity index (χ1) is 45.0. The number of halogens is 2. The van der Waals surface area contributed by atoms with Gasteiger partial charge >= 0.3 is 0 Å². The summed E-state index contributed by atoms with van der Waals surface area (Å²) in [5, 5.41) is 0.994. The second-order valence-electron chi connectivity index (χ2n) is 23.1. The number of piperidine rings is 1. The summed E-state index contributed by atoms with van der Waals surface area (Å²) in [6.45, 7) is 11.2. The lowest BCUT2D eigenvalue weighted by Gasteiger charge is -2.38. The molecule has 1 amide bonds. The van der Waals surface area contributed by atoms with Crippen molar-refractivity contribution in [3.05, 3.63) is 266 Å². The fourth-order valence-electron chi connectivity index (χ4n) is 10.3. The lowest BCUT2D eigenvalue weighted by Crippen LogP contribution is -2.37. The van der Waals surface area contributed by atoms with E-state index in [1.54, 1.807) is 103 Å². The standard InChI is InChI=1S/C37H41N5O5S3.C33H29ClFN3O3S3/c1-37(2)20-22-42(23-21-37)32-14-12-31(13-15-32)36(43)28-49(44,45)34-16-8-29(9-17-34)26-41(24-25-48-33-6-4-3-5-7-33)27-30-10-18-35(19-11-30)50(46,47)40-39-38;1-23-31(43-33(36-23)25-9-4-2-5-10-25)32(39)37-44(40,41)27-17-15-24(16-18-27)21-38(19-20-42-26-11-6-3-7-12-26)22-28-29(34)13-8-14-30(28)35/h3-19H,20-28H2,1-2H3;2-18H,19-22H2,1H3,(H,37,39). The normalized spacial score (nSPS) is 13.2. The molecular formula is C70H70ClFN8O8S6. The Morgan fingerprint density at radius 1 is 0.649 bits per heavy atom. The maximum atomic E-state index is 14.6. The summed E-state index contributed by atoms with van der Waals surface area (Å²) in [5.41, 5.74) is 14.6. The zero-order valence-corrected chi connectivity index (χ0v) is 57.6. The lowest BCUT2D eigenvalue weighted by molar-refractivity contribution is 0.0982. The number of thioether (sulfide) groups is 2. The maximum absolute atomic E-state index is 14.6. The topological polar surface area (TPSA) is 220 Å². The zero-order chi connectivity index (χ0) is 66.9. The highest BCUT2D eigenvalue weighted by Gasteiger charge is 2.28. The molecule has 0 saturated carbocycles. The second-order valence-corrected chi connectivity index (χ2v) is 32.1. The van der Waals surface area contributed by atoms with Gasteiger partial charge in [-0.3, -0.25) is 19.4 Å². The van der Waals surface area contributed by atoms with Gasteiger partial charge in [-0.1, -0.05) is 135 Å². The number of aryl methyl sites for hydroxylation is 1. The Kier molecular flexibility index (Phi) is 24.5. The number of anilines is 1. The fourth-order valence-corrected chi connectivity index (χ4v) is 16.3. The van der Waals surface area contributed by atoms with Crippen LogP contribution in [0, 0.1) is 18.2 Å². The molecule has 9 aromatic rings. The van der Waals surface area contributed by atoms with Crippen LogP contribution >= 0.6 is 46.5 Å². The molecule has 8 aromatic carbocycles. The number of hydrogen-bond donors (Lipinski definition) is 1. The van der Waals surface area contributed by atoms with Gasteiger partial charge in [0, 0.05) is 110 Å². The summed E-state index contributed by atoms with van der Waals surface area (Å²) in [5.74, 6) is -0.604. The smallest absolute Gasteiger partial charge is 0.277 e. The van der Waals surface area contributed by atoms with Gasteiger partial charge in [-0.05, 0) is 144 Å². The molecule has 1 aliphatic heterocycles. The zero-order valence-electron chi connectivity index (χ0n) is 51.9. The SMILES string of the molecule is CC1(C)CCN(c2ccc(C(=O)CS(=O)(=O)c3ccc(CN(CCSc4ccccc4)Cc4ccc(S(=O)(=O)N=[N+]=[N-])cc4)cc3)cc2)CC1.Cc1nc(-c2ccccc2)sc1C(=O)NS(=O)(=O)c1ccc(CN(CCSc2ccccc2)Cc2c(F)cccc2Cl)cc1. The number of nitrogens with one attached hydrogen (secondary N) is 1. The minimum Gasteiger partial charge on any atom is -0.371 e. The van der Waals surface area contributed by atoms with Crippen LogP contribution in [0.25, 0.3) is 21.0 Å². The predicted octanol–water partition coefficient (Wildman–Crippen LogP) is 15.6. The molecule has 0 unspecified atom stereocenters. The van der Waals surface area contributed by atoms with E-state index in [1.807, 2.05) is 103 Å². The molecule has 94 heavy (non-hydrogen) atoms. The van der Waals surface area contributed by atoms with Crippen LogP contribution < -0.4 is 9.62 Å². The van der Waals surface area contributed by atoms with E-state index in [0.29, 0.717) is 65.0 Å². The molecule has 1 aliphatic rings. The quantitative estimate of drug-likeness (QED) is 0.0166. The Labute approximate surface area is 567 Å². The van der Waals surface area contributed by atoms with Crippen molar-refractivity contribution in [3.8, 4) is 10.6 Å². The Hall–Kier alpha value is -7.67. The average molecular weight is 1400 g/mol. The largest absolute Gasteiger partial charge is 0.371 e. The first-order valence-corrected chi connectivity index (χ1v) is 37.8. The molecule has 24 heteroatoms. The van der Waals surface area contributed by atoms with Crippen molar-refractivity contribution in [2.45, 2.75) is 84.3 Å². The van der Waals surface area contributed by atoms with E-state index >= 15 is 0 Å². The van der Waals surface area contributed by atoms with Crippen LogP contribution in [0.15, 0.2) is 235 Å². The molecule has 10 rings (SSSR count). The lowest BCUT2D eigenvalue weighted by atomic mass is 9.82. The van der Waals surface area contributed by atoms with Crippen molar-refractivity contribution in [2.75, 3.05) is 48.3 Å². The number of rotatable bonds is 27. The average Bonchev–Trinajstić information content (AvgIpc) is 1.42. The van der Waals surface area contributed by atoms with Gasteiger partial charge in [0.15, 0.2) is 15.6 Å². The van der Waals surface area contributed by atoms with E-state index in [9.17, 15) is 39.2 Å². The van der Waals surface area contributed by atoms with Crippen LogP contribution in [-0.2, 0) is 56.1 Å². The number of nitrogens with zero attached hydrogens (tertiary/aromatic N) is 7. The number of hydrogen-bond acceptors (Lipinski definition) is 15. The van der Waals surface area contributed by atoms with Crippen LogP contribution in [0.3, 0.4) is 0 Å². The highest BCUT2D eigenvalue weighted by Crippen LogP contribution is 2.33. The summed E-state index contributed by atoms with van der Waals surface area (Å²) < 4.78 is 96.7. The molecule has 0 bridgehead atoms. The van der Waals surface area contributed by atoms with Crippen LogP contribution in [0.4, 0.5) is 10.1 Å². The van der Waals surface area contributed by atoms with E-state index < -0.39 is 47.3 Å². The van der Waals surface area contributed by atoms with Crippen molar-refractivity contribution in [2.24, 2.45) is 9.93 Å². The third-order valence-corrected chi connectivity index (χ3v) is 23.3. The molecule has 1 N–H and O–H groups in total. The summed E-state index contributed by atoms with van der Waals surface area (Å²) in [6, 6.07) is 60.5. The Morgan fingerprint density at radius 3 is 1.65 bits per heavy atom. The number of benzene rings is 8. The van der Waals surface area contributed by atoms with Crippen molar-refractivity contribution in [1.29, 1.82) is 0 Å². The Balaban J connectivity index is 0.000000223. The van der Waals surface area contributed by atoms with Crippen LogP contribution in [0.2, 0.25) is 5.02 Å². The highest BCUT2D eigenvalue weighted by molar-refractivity contribution is 7.99. The second kappa shape index (κ2) is 32.6. The van der Waals surface area contributed by atoms with E-state index in [4.69, 9.17) is 17.1 Å². The van der Waals surface area contributed by atoms with E-state index in [-0.39, 0.29) is 31.9 Å². The first-order valence-electron chi connectivity index (χ1n) is 30.1. The number of aromatic nitrogens is 1. The molecule has 2 heterocycles. The highest BCUT2D eigenvalue weighted by atomic mass is 35.5. The molecule has 16 nitrogen and oxygen atoms in total. The molecule has 488 valence electrons. The van der Waals surface area contributed by atoms with Gasteiger partial charge in [0.2, 0.25) is 0 Å². The van der Waals surface area contributed by atoms with Gasteiger partial charge in [0.05, 0.1) is 20.4 Å². The van der Waals surface area contributed by atoms with Crippen molar-refractivity contribution in [3.63, 3.8) is 0 Å². The number of sulfone groups is 1. The monoisotopic (exact) mass is 1400 g/mol. The predicted molar refractivity (Wildman–Crippen MR) is 375 cm³/mol. The molecule has 0 aliphatic carbocycles. The summed E-state index contributed by atoms with van der Waals surface area (Å²) in [6.07, 6.45) is 2.19. The molecule has 1 aromatic heterocycles. The third-order valence-electron chi connectivity index (χ3n) is 15.6.